The summed E-state index contributed by atoms with van der Waals surface area (Å²) < 4.78 is 1.48. The van der Waals surface area contributed by atoms with Crippen LogP contribution >= 0.6 is 0 Å². The molecule has 1 aromatic heterocycles. The largest absolute Gasteiger partial charge is 0.309 e. The first kappa shape index (κ1) is 14.3. The fraction of sp³-hybridized carbons (Fsp3) is 0.200. The van der Waals surface area contributed by atoms with Gasteiger partial charge in [0.25, 0.3) is 0 Å². The van der Waals surface area contributed by atoms with E-state index in [1.807, 2.05) is 42.5 Å². The van der Waals surface area contributed by atoms with Crippen LogP contribution in [-0.4, -0.2) is 15.7 Å². The van der Waals surface area contributed by atoms with Crippen molar-refractivity contribution < 1.29 is 4.79 Å². The lowest BCUT2D eigenvalue weighted by Crippen LogP contribution is -2.14. The van der Waals surface area contributed by atoms with Crippen LogP contribution in [-0.2, 0) is 11.2 Å². The van der Waals surface area contributed by atoms with E-state index >= 15 is 0 Å². The van der Waals surface area contributed by atoms with Crippen LogP contribution in [0.5, 0.6) is 0 Å². The lowest BCUT2D eigenvalue weighted by Gasteiger charge is -2.08. The van der Waals surface area contributed by atoms with Gasteiger partial charge in [0.2, 0.25) is 5.91 Å². The predicted octanol–water partition coefficient (Wildman–Crippen LogP) is 2.16. The zero-order chi connectivity index (χ0) is 15.2. The van der Waals surface area contributed by atoms with Crippen LogP contribution in [0.15, 0.2) is 30.3 Å². The van der Waals surface area contributed by atoms with E-state index in [2.05, 4.69) is 10.4 Å². The molecule has 104 valence electrons. The van der Waals surface area contributed by atoms with E-state index in [1.54, 1.807) is 6.92 Å². The third-order valence-electron chi connectivity index (χ3n) is 2.90. The molecule has 0 saturated heterocycles. The van der Waals surface area contributed by atoms with Gasteiger partial charge >= 0.3 is 0 Å². The van der Waals surface area contributed by atoms with E-state index in [4.69, 9.17) is 5.26 Å². The molecule has 1 heterocycles. The Labute approximate surface area is 122 Å². The molecule has 0 aliphatic heterocycles. The van der Waals surface area contributed by atoms with E-state index in [0.717, 1.165) is 0 Å². The average molecular weight is 279 g/mol. The maximum absolute atomic E-state index is 11.7. The highest BCUT2D eigenvalue weighted by Crippen LogP contribution is 2.23. The van der Waals surface area contributed by atoms with Crippen molar-refractivity contribution in [3.63, 3.8) is 0 Å². The molecule has 0 unspecified atom stereocenters. The number of carbonyl (C=O) groups excluding carboxylic acids is 1. The number of aromatic nitrogens is 2. The second kappa shape index (κ2) is 6.36. The summed E-state index contributed by atoms with van der Waals surface area (Å²) in [5, 5.41) is 25.1. The minimum absolute atomic E-state index is 0.0116. The number of benzene rings is 1. The first-order valence-electron chi connectivity index (χ1n) is 6.45. The van der Waals surface area contributed by atoms with Crippen molar-refractivity contribution in [2.75, 3.05) is 5.32 Å². The van der Waals surface area contributed by atoms with Crippen molar-refractivity contribution in [2.24, 2.45) is 0 Å². The van der Waals surface area contributed by atoms with Gasteiger partial charge in [-0.2, -0.15) is 15.6 Å². The Kier molecular flexibility index (Phi) is 4.33. The van der Waals surface area contributed by atoms with Crippen LogP contribution in [0.25, 0.3) is 5.69 Å². The van der Waals surface area contributed by atoms with Crippen molar-refractivity contribution >= 4 is 11.7 Å². The van der Waals surface area contributed by atoms with Gasteiger partial charge in [0.15, 0.2) is 5.82 Å². The smallest absolute Gasteiger partial charge is 0.225 e. The zero-order valence-corrected chi connectivity index (χ0v) is 11.5. The molecule has 1 amide bonds. The molecule has 1 N–H and O–H groups in total. The van der Waals surface area contributed by atoms with Crippen LogP contribution in [0, 0.1) is 22.7 Å². The highest BCUT2D eigenvalue weighted by atomic mass is 16.1. The minimum atomic E-state index is -0.216. The van der Waals surface area contributed by atoms with Crippen LogP contribution in [0.1, 0.15) is 24.6 Å². The van der Waals surface area contributed by atoms with Crippen LogP contribution < -0.4 is 5.32 Å². The van der Waals surface area contributed by atoms with Gasteiger partial charge in [0, 0.05) is 6.42 Å². The van der Waals surface area contributed by atoms with Crippen LogP contribution in [0.3, 0.4) is 0 Å². The van der Waals surface area contributed by atoms with Gasteiger partial charge < -0.3 is 5.32 Å². The van der Waals surface area contributed by atoms with Gasteiger partial charge in [-0.25, -0.2) is 4.68 Å². The number of hydrogen-bond acceptors (Lipinski definition) is 4. The number of hydrogen-bond donors (Lipinski definition) is 1. The van der Waals surface area contributed by atoms with Crippen molar-refractivity contribution in [2.45, 2.75) is 19.8 Å². The summed E-state index contributed by atoms with van der Waals surface area (Å²) in [5.74, 6) is 0.0906. The molecule has 6 nitrogen and oxygen atoms in total. The molecule has 0 aliphatic rings. The van der Waals surface area contributed by atoms with Crippen LogP contribution in [0.2, 0.25) is 0 Å². The fourth-order valence-electron chi connectivity index (χ4n) is 1.87. The molecule has 1 aromatic carbocycles. The van der Waals surface area contributed by atoms with E-state index in [0.29, 0.717) is 23.6 Å². The first-order chi connectivity index (χ1) is 10.2. The van der Waals surface area contributed by atoms with Crippen LogP contribution in [0.4, 0.5) is 5.82 Å². The normalized spacial score (nSPS) is 9.67. The molecule has 2 aromatic rings. The van der Waals surface area contributed by atoms with Gasteiger partial charge in [0.1, 0.15) is 11.6 Å². The Morgan fingerprint density at radius 2 is 2.05 bits per heavy atom. The van der Waals surface area contributed by atoms with Gasteiger partial charge in [-0.1, -0.05) is 25.1 Å². The summed E-state index contributed by atoms with van der Waals surface area (Å²) in [6.45, 7) is 1.72. The Morgan fingerprint density at radius 1 is 1.33 bits per heavy atom. The molecular weight excluding hydrogens is 266 g/mol. The lowest BCUT2D eigenvalue weighted by atomic mass is 10.2. The molecular formula is C15H13N5O. The highest BCUT2D eigenvalue weighted by Gasteiger charge is 2.20. The van der Waals surface area contributed by atoms with E-state index in [-0.39, 0.29) is 17.9 Å². The highest BCUT2D eigenvalue weighted by molar-refractivity contribution is 5.91. The second-order valence-corrected chi connectivity index (χ2v) is 4.27. The number of carbonyl (C=O) groups is 1. The summed E-state index contributed by atoms with van der Waals surface area (Å²) in [7, 11) is 0. The van der Waals surface area contributed by atoms with Gasteiger partial charge in [-0.3, -0.25) is 4.79 Å². The van der Waals surface area contributed by atoms with E-state index < -0.39 is 0 Å². The Bertz CT molecular complexity index is 734. The molecule has 0 aliphatic carbocycles. The number of anilines is 1. The van der Waals surface area contributed by atoms with E-state index in [1.165, 1.54) is 4.68 Å². The molecule has 6 heteroatoms. The van der Waals surface area contributed by atoms with Crippen molar-refractivity contribution in [1.82, 2.24) is 9.78 Å². The molecule has 0 atom stereocenters. The second-order valence-electron chi connectivity index (χ2n) is 4.27. The van der Waals surface area contributed by atoms with Crippen molar-refractivity contribution in [3.05, 3.63) is 41.6 Å². The summed E-state index contributed by atoms with van der Waals surface area (Å²) in [5.41, 5.74) is 1.29. The maximum Gasteiger partial charge on any atom is 0.225 e. The molecule has 0 radical (unpaired) electrons. The molecule has 0 bridgehead atoms. The Morgan fingerprint density at radius 3 is 2.62 bits per heavy atom. The standard InChI is InChI=1S/C15H13N5O/c1-2-14(21)18-15-12(10-17)13(8-9-16)19-20(15)11-6-4-3-5-7-11/h3-7H,2,8H2,1H3,(H,18,21). The molecule has 2 rings (SSSR count). The summed E-state index contributed by atoms with van der Waals surface area (Å²) in [6, 6.07) is 13.1. The Hall–Kier alpha value is -3.12. The number of nitrogens with zero attached hydrogens (tertiary/aromatic N) is 4. The SMILES string of the molecule is CCC(=O)Nc1c(C#N)c(CC#N)nn1-c1ccccc1. The topological polar surface area (TPSA) is 94.5 Å². The number of rotatable bonds is 4. The lowest BCUT2D eigenvalue weighted by molar-refractivity contribution is -0.115. The van der Waals surface area contributed by atoms with Gasteiger partial charge in [0.05, 0.1) is 23.9 Å². The summed E-state index contributed by atoms with van der Waals surface area (Å²) in [4.78, 5) is 11.7. The monoisotopic (exact) mass is 279 g/mol. The van der Waals surface area contributed by atoms with Crippen molar-refractivity contribution in [3.8, 4) is 17.8 Å². The fourth-order valence-corrected chi connectivity index (χ4v) is 1.87. The van der Waals surface area contributed by atoms with E-state index in [9.17, 15) is 10.1 Å². The zero-order valence-electron chi connectivity index (χ0n) is 11.5. The molecule has 0 fully saturated rings. The van der Waals surface area contributed by atoms with Gasteiger partial charge in [-0.15, -0.1) is 0 Å². The minimum Gasteiger partial charge on any atom is -0.309 e. The number of nitriles is 2. The number of para-hydroxylation sites is 1. The van der Waals surface area contributed by atoms with Crippen molar-refractivity contribution in [1.29, 1.82) is 10.5 Å². The quantitative estimate of drug-likeness (QED) is 0.927. The molecule has 21 heavy (non-hydrogen) atoms. The number of nitrogens with one attached hydrogen (secondary N) is 1. The molecule has 0 spiro atoms. The molecule has 0 saturated carbocycles. The average Bonchev–Trinajstić information content (AvgIpc) is 2.85. The Balaban J connectivity index is 2.60. The summed E-state index contributed by atoms with van der Waals surface area (Å²) in [6.07, 6.45) is 0.302. The third-order valence-corrected chi connectivity index (χ3v) is 2.90. The first-order valence-corrected chi connectivity index (χ1v) is 6.45. The predicted molar refractivity (Wildman–Crippen MR) is 76.5 cm³/mol. The number of amides is 1. The van der Waals surface area contributed by atoms with Gasteiger partial charge in [-0.05, 0) is 12.1 Å². The maximum atomic E-state index is 11.7. The summed E-state index contributed by atoms with van der Waals surface area (Å²) >= 11 is 0. The third kappa shape index (κ3) is 2.90.